The maximum Gasteiger partial charge on any atom is 0.163 e. The predicted octanol–water partition coefficient (Wildman–Crippen LogP) is 0.301. The zero-order valence-electron chi connectivity index (χ0n) is 10.0. The standard InChI is InChI=1S/C11H15N5OS/c1-4-17-5-2-16(1)3-6-18-11-9-10(13-7-12-9)14-8-15-11/h7-9H,1-6H2. The van der Waals surface area contributed by atoms with Crippen LogP contribution in [-0.2, 0) is 4.74 Å². The van der Waals surface area contributed by atoms with Crippen molar-refractivity contribution >= 4 is 35.3 Å². The number of hydrogen-bond donors (Lipinski definition) is 0. The van der Waals surface area contributed by atoms with Gasteiger partial charge in [-0.3, -0.25) is 9.89 Å². The van der Waals surface area contributed by atoms with Crippen molar-refractivity contribution in [2.75, 3.05) is 38.6 Å². The molecule has 3 aliphatic heterocycles. The minimum atomic E-state index is -0.0512. The van der Waals surface area contributed by atoms with Crippen molar-refractivity contribution < 1.29 is 4.74 Å². The topological polar surface area (TPSA) is 61.9 Å². The second-order valence-corrected chi connectivity index (χ2v) is 5.28. The van der Waals surface area contributed by atoms with E-state index >= 15 is 0 Å². The summed E-state index contributed by atoms with van der Waals surface area (Å²) in [4.78, 5) is 19.2. The summed E-state index contributed by atoms with van der Waals surface area (Å²) >= 11 is 1.75. The Balaban J connectivity index is 1.48. The molecule has 96 valence electrons. The Bertz CT molecular complexity index is 425. The number of aliphatic imine (C=N–C) groups is 4. The quantitative estimate of drug-likeness (QED) is 0.737. The van der Waals surface area contributed by atoms with Crippen LogP contribution in [0.2, 0.25) is 0 Å². The van der Waals surface area contributed by atoms with E-state index in [4.69, 9.17) is 4.74 Å². The summed E-state index contributed by atoms with van der Waals surface area (Å²) in [6, 6.07) is -0.0512. The molecule has 0 aromatic rings. The molecule has 3 aliphatic rings. The van der Waals surface area contributed by atoms with E-state index in [0.29, 0.717) is 0 Å². The normalized spacial score (nSPS) is 27.0. The highest BCUT2D eigenvalue weighted by atomic mass is 32.2. The van der Waals surface area contributed by atoms with Crippen LogP contribution in [-0.4, -0.2) is 73.1 Å². The Morgan fingerprint density at radius 3 is 3.06 bits per heavy atom. The fourth-order valence-corrected chi connectivity index (χ4v) is 3.01. The van der Waals surface area contributed by atoms with Gasteiger partial charge in [0.05, 0.1) is 13.2 Å². The first-order chi connectivity index (χ1) is 8.93. The molecule has 3 heterocycles. The lowest BCUT2D eigenvalue weighted by molar-refractivity contribution is 0.0410. The van der Waals surface area contributed by atoms with Crippen molar-refractivity contribution in [3.63, 3.8) is 0 Å². The van der Waals surface area contributed by atoms with Gasteiger partial charge in [-0.2, -0.15) is 0 Å². The molecule has 7 heteroatoms. The number of thioether (sulfide) groups is 1. The van der Waals surface area contributed by atoms with Crippen LogP contribution in [0.5, 0.6) is 0 Å². The first-order valence-corrected chi connectivity index (χ1v) is 7.04. The van der Waals surface area contributed by atoms with Gasteiger partial charge in [0.1, 0.15) is 17.7 Å². The van der Waals surface area contributed by atoms with Gasteiger partial charge >= 0.3 is 0 Å². The van der Waals surface area contributed by atoms with E-state index in [9.17, 15) is 0 Å². The van der Waals surface area contributed by atoms with E-state index < -0.39 is 0 Å². The van der Waals surface area contributed by atoms with Gasteiger partial charge in [-0.25, -0.2) is 15.0 Å². The summed E-state index contributed by atoms with van der Waals surface area (Å²) in [6.45, 7) is 4.82. The van der Waals surface area contributed by atoms with Crippen LogP contribution in [0.1, 0.15) is 0 Å². The van der Waals surface area contributed by atoms with Crippen LogP contribution in [0.25, 0.3) is 0 Å². The Labute approximate surface area is 110 Å². The van der Waals surface area contributed by atoms with Crippen molar-refractivity contribution in [2.24, 2.45) is 20.0 Å². The summed E-state index contributed by atoms with van der Waals surface area (Å²) in [5.41, 5.74) is 0. The average Bonchev–Trinajstić information content (AvgIpc) is 2.89. The third-order valence-electron chi connectivity index (χ3n) is 3.02. The molecular weight excluding hydrogens is 250 g/mol. The van der Waals surface area contributed by atoms with Crippen molar-refractivity contribution in [2.45, 2.75) is 6.04 Å². The molecule has 18 heavy (non-hydrogen) atoms. The van der Waals surface area contributed by atoms with Gasteiger partial charge in [0.2, 0.25) is 0 Å². The second-order valence-electron chi connectivity index (χ2n) is 4.17. The van der Waals surface area contributed by atoms with Crippen molar-refractivity contribution in [1.29, 1.82) is 0 Å². The second kappa shape index (κ2) is 5.73. The van der Waals surface area contributed by atoms with Crippen LogP contribution in [0.3, 0.4) is 0 Å². The average molecular weight is 265 g/mol. The van der Waals surface area contributed by atoms with Gasteiger partial charge in [-0.05, 0) is 0 Å². The number of morpholine rings is 1. The molecule has 3 rings (SSSR count). The first kappa shape index (κ1) is 12.0. The molecule has 0 radical (unpaired) electrons. The monoisotopic (exact) mass is 265 g/mol. The van der Waals surface area contributed by atoms with Gasteiger partial charge in [0.15, 0.2) is 11.9 Å². The Kier molecular flexibility index (Phi) is 3.82. The van der Waals surface area contributed by atoms with Gasteiger partial charge < -0.3 is 4.74 Å². The van der Waals surface area contributed by atoms with Crippen LogP contribution in [0, 0.1) is 0 Å². The lowest BCUT2D eigenvalue weighted by Crippen LogP contribution is -2.38. The van der Waals surface area contributed by atoms with Crippen LogP contribution in [0.4, 0.5) is 0 Å². The first-order valence-electron chi connectivity index (χ1n) is 6.06. The minimum Gasteiger partial charge on any atom is -0.379 e. The molecule has 6 nitrogen and oxygen atoms in total. The predicted molar refractivity (Wildman–Crippen MR) is 75.4 cm³/mol. The molecule has 0 amide bonds. The number of fused-ring (bicyclic) bond motifs is 1. The molecule has 1 saturated heterocycles. The Hall–Kier alpha value is -1.05. The zero-order valence-corrected chi connectivity index (χ0v) is 10.8. The van der Waals surface area contributed by atoms with E-state index in [-0.39, 0.29) is 6.04 Å². The van der Waals surface area contributed by atoms with Crippen molar-refractivity contribution in [3.05, 3.63) is 0 Å². The maximum atomic E-state index is 5.33. The lowest BCUT2D eigenvalue weighted by atomic mass is 10.3. The van der Waals surface area contributed by atoms with E-state index in [1.54, 1.807) is 24.4 Å². The summed E-state index contributed by atoms with van der Waals surface area (Å²) in [5, 5.41) is 1.01. The summed E-state index contributed by atoms with van der Waals surface area (Å²) in [7, 11) is 0. The van der Waals surface area contributed by atoms with Crippen molar-refractivity contribution in [3.8, 4) is 0 Å². The highest BCUT2D eigenvalue weighted by Crippen LogP contribution is 2.18. The molecule has 0 bridgehead atoms. The largest absolute Gasteiger partial charge is 0.379 e. The zero-order chi connectivity index (χ0) is 12.2. The van der Waals surface area contributed by atoms with E-state index in [1.165, 1.54) is 0 Å². The molecule has 0 aliphatic carbocycles. The molecule has 0 aromatic heterocycles. The molecular formula is C11H15N5OS. The number of ether oxygens (including phenoxy) is 1. The molecule has 0 aromatic carbocycles. The summed E-state index contributed by atoms with van der Waals surface area (Å²) in [6.07, 6.45) is 3.14. The molecule has 1 unspecified atom stereocenters. The van der Waals surface area contributed by atoms with Gasteiger partial charge in [0.25, 0.3) is 0 Å². The molecule has 0 N–H and O–H groups in total. The van der Waals surface area contributed by atoms with E-state index in [2.05, 4.69) is 24.9 Å². The van der Waals surface area contributed by atoms with Crippen LogP contribution < -0.4 is 0 Å². The number of amidine groups is 1. The fraction of sp³-hybridized carbons (Fsp3) is 0.636. The van der Waals surface area contributed by atoms with Crippen LogP contribution >= 0.6 is 11.8 Å². The molecule has 0 spiro atoms. The highest BCUT2D eigenvalue weighted by Gasteiger charge is 2.26. The molecule has 1 atom stereocenters. The van der Waals surface area contributed by atoms with Crippen LogP contribution in [0.15, 0.2) is 20.0 Å². The SMILES string of the molecule is C1=NC2=NC=NC2C(SCCN2CCOCC2)=N1. The Morgan fingerprint density at radius 2 is 2.17 bits per heavy atom. The van der Waals surface area contributed by atoms with E-state index in [1.807, 2.05) is 0 Å². The number of nitrogens with zero attached hydrogens (tertiary/aromatic N) is 5. The minimum absolute atomic E-state index is 0.0512. The maximum absolute atomic E-state index is 5.33. The van der Waals surface area contributed by atoms with Gasteiger partial charge in [0, 0.05) is 25.4 Å². The summed E-state index contributed by atoms with van der Waals surface area (Å²) in [5.74, 6) is 1.78. The fourth-order valence-electron chi connectivity index (χ4n) is 2.01. The van der Waals surface area contributed by atoms with Crippen molar-refractivity contribution in [1.82, 2.24) is 4.90 Å². The lowest BCUT2D eigenvalue weighted by Gasteiger charge is -2.26. The van der Waals surface area contributed by atoms with Gasteiger partial charge in [-0.15, -0.1) is 11.8 Å². The molecule has 1 fully saturated rings. The van der Waals surface area contributed by atoms with Gasteiger partial charge in [-0.1, -0.05) is 0 Å². The third kappa shape index (κ3) is 2.68. The molecule has 0 saturated carbocycles. The number of hydrogen-bond acceptors (Lipinski definition) is 7. The summed E-state index contributed by atoms with van der Waals surface area (Å²) < 4.78 is 5.33. The smallest absolute Gasteiger partial charge is 0.163 e. The Morgan fingerprint density at radius 1 is 1.28 bits per heavy atom. The van der Waals surface area contributed by atoms with E-state index in [0.717, 1.165) is 49.5 Å². The third-order valence-corrected chi connectivity index (χ3v) is 4.03. The highest BCUT2D eigenvalue weighted by molar-refractivity contribution is 8.14. The number of rotatable bonds is 3.